The normalized spacial score (nSPS) is 12.0. The fraction of sp³-hybridized carbons (Fsp3) is 0.412. The molecule has 124 valence electrons. The highest BCUT2D eigenvalue weighted by molar-refractivity contribution is 7.12. The number of methoxy groups -OCH3 is 1. The van der Waals surface area contributed by atoms with Gasteiger partial charge in [-0.15, -0.1) is 11.3 Å². The Kier molecular flexibility index (Phi) is 6.55. The molecule has 0 fully saturated rings. The van der Waals surface area contributed by atoms with Crippen LogP contribution in [0.5, 0.6) is 0 Å². The van der Waals surface area contributed by atoms with Gasteiger partial charge in [0.15, 0.2) is 0 Å². The van der Waals surface area contributed by atoms with Crippen LogP contribution in [0.1, 0.15) is 21.9 Å². The van der Waals surface area contributed by atoms with Crippen molar-refractivity contribution in [2.75, 3.05) is 19.5 Å². The van der Waals surface area contributed by atoms with E-state index in [0.717, 1.165) is 35.7 Å². The number of nitrogens with two attached hydrogens (primary N) is 1. The molecule has 0 amide bonds. The molecular formula is C17H23N3O2S. The fourth-order valence-electron chi connectivity index (χ4n) is 2.32. The zero-order valence-corrected chi connectivity index (χ0v) is 14.4. The minimum atomic E-state index is -0.583. The number of ether oxygens (including phenoxy) is 1. The number of esters is 1. The number of nitrogens with one attached hydrogen (secondary N) is 1. The Morgan fingerprint density at radius 1 is 1.30 bits per heavy atom. The second-order valence-corrected chi connectivity index (χ2v) is 6.57. The van der Waals surface area contributed by atoms with Gasteiger partial charge < -0.3 is 15.8 Å². The molecule has 2 aromatic heterocycles. The molecule has 0 saturated carbocycles. The molecule has 0 spiro atoms. The molecule has 3 N–H and O–H groups in total. The Hall–Kier alpha value is -1.92. The second-order valence-electron chi connectivity index (χ2n) is 5.32. The first-order valence-electron chi connectivity index (χ1n) is 7.67. The zero-order chi connectivity index (χ0) is 16.7. The molecule has 0 aliphatic carbocycles. The van der Waals surface area contributed by atoms with Crippen molar-refractivity contribution in [3.05, 3.63) is 45.8 Å². The third-order valence-corrected chi connectivity index (χ3v) is 4.73. The molecule has 0 radical (unpaired) electrons. The Balaban J connectivity index is 1.81. The lowest BCUT2D eigenvalue weighted by Gasteiger charge is -2.06. The molecule has 0 aliphatic heterocycles. The summed E-state index contributed by atoms with van der Waals surface area (Å²) in [6, 6.07) is 9.60. The van der Waals surface area contributed by atoms with Crippen LogP contribution < -0.4 is 11.1 Å². The number of hydrogen-bond donors (Lipinski definition) is 2. The van der Waals surface area contributed by atoms with Crippen LogP contribution in [0.2, 0.25) is 0 Å². The number of hydrogen-bond acceptors (Lipinski definition) is 6. The number of thiophene rings is 1. The molecule has 0 saturated heterocycles. The number of rotatable bonds is 8. The van der Waals surface area contributed by atoms with Gasteiger partial charge in [-0.25, -0.2) is 4.98 Å². The average molecular weight is 333 g/mol. The lowest BCUT2D eigenvalue weighted by molar-refractivity contribution is -0.142. The Morgan fingerprint density at radius 3 is 2.83 bits per heavy atom. The Bertz CT molecular complexity index is 642. The number of aromatic nitrogens is 1. The Morgan fingerprint density at radius 2 is 2.09 bits per heavy atom. The number of pyridine rings is 1. The van der Waals surface area contributed by atoms with Crippen LogP contribution in [-0.2, 0) is 28.8 Å². The molecule has 2 rings (SSSR count). The highest BCUT2D eigenvalue weighted by atomic mass is 32.1. The summed E-state index contributed by atoms with van der Waals surface area (Å²) in [6.07, 6.45) is 3.53. The first-order valence-corrected chi connectivity index (χ1v) is 8.48. The third-order valence-electron chi connectivity index (χ3n) is 3.56. The molecule has 1 unspecified atom stereocenters. The summed E-state index contributed by atoms with van der Waals surface area (Å²) in [5.74, 6) is 0.535. The minimum Gasteiger partial charge on any atom is -0.468 e. The number of aryl methyl sites for hydroxylation is 2. The number of anilines is 1. The quantitative estimate of drug-likeness (QED) is 0.726. The monoisotopic (exact) mass is 333 g/mol. The summed E-state index contributed by atoms with van der Waals surface area (Å²) >= 11 is 1.71. The summed E-state index contributed by atoms with van der Waals surface area (Å²) < 4.78 is 4.65. The van der Waals surface area contributed by atoms with Crippen LogP contribution in [0.3, 0.4) is 0 Å². The van der Waals surface area contributed by atoms with E-state index >= 15 is 0 Å². The molecule has 0 bridgehead atoms. The van der Waals surface area contributed by atoms with Gasteiger partial charge in [-0.3, -0.25) is 4.79 Å². The van der Waals surface area contributed by atoms with E-state index in [-0.39, 0.29) is 5.97 Å². The molecule has 1 atom stereocenters. The summed E-state index contributed by atoms with van der Waals surface area (Å²) in [5, 5.41) is 3.05. The van der Waals surface area contributed by atoms with Gasteiger partial charge in [0.1, 0.15) is 11.9 Å². The van der Waals surface area contributed by atoms with Crippen molar-refractivity contribution in [2.24, 2.45) is 5.73 Å². The maximum absolute atomic E-state index is 11.3. The minimum absolute atomic E-state index is 0.365. The van der Waals surface area contributed by atoms with Crippen LogP contribution in [0.4, 0.5) is 5.82 Å². The van der Waals surface area contributed by atoms with E-state index in [4.69, 9.17) is 5.73 Å². The van der Waals surface area contributed by atoms with Crippen molar-refractivity contribution in [1.29, 1.82) is 0 Å². The molecular weight excluding hydrogens is 310 g/mol. The second kappa shape index (κ2) is 8.64. The smallest absolute Gasteiger partial charge is 0.323 e. The van der Waals surface area contributed by atoms with Crippen LogP contribution in [0.25, 0.3) is 0 Å². The highest BCUT2D eigenvalue weighted by Gasteiger charge is 2.15. The third kappa shape index (κ3) is 5.33. The van der Waals surface area contributed by atoms with E-state index in [1.807, 2.05) is 25.2 Å². The first-order chi connectivity index (χ1) is 11.1. The van der Waals surface area contributed by atoms with Gasteiger partial charge in [0, 0.05) is 28.9 Å². The van der Waals surface area contributed by atoms with E-state index < -0.39 is 6.04 Å². The van der Waals surface area contributed by atoms with Crippen molar-refractivity contribution in [3.63, 3.8) is 0 Å². The van der Waals surface area contributed by atoms with Crippen LogP contribution in [-0.4, -0.2) is 31.2 Å². The van der Waals surface area contributed by atoms with Crippen molar-refractivity contribution >= 4 is 23.1 Å². The van der Waals surface area contributed by atoms with Gasteiger partial charge >= 0.3 is 5.97 Å². The van der Waals surface area contributed by atoms with E-state index in [0.29, 0.717) is 6.42 Å². The highest BCUT2D eigenvalue weighted by Crippen LogP contribution is 2.20. The van der Waals surface area contributed by atoms with E-state index in [2.05, 4.69) is 27.2 Å². The molecule has 0 aromatic carbocycles. The summed E-state index contributed by atoms with van der Waals surface area (Å²) in [6.45, 7) is 0. The van der Waals surface area contributed by atoms with Crippen molar-refractivity contribution in [2.45, 2.75) is 31.7 Å². The van der Waals surface area contributed by atoms with E-state index in [9.17, 15) is 4.79 Å². The van der Waals surface area contributed by atoms with Gasteiger partial charge in [0.05, 0.1) is 7.11 Å². The molecule has 2 aromatic rings. The maximum atomic E-state index is 11.3. The predicted octanol–water partition coefficient (Wildman–Crippen LogP) is 2.40. The molecule has 0 aliphatic rings. The predicted molar refractivity (Wildman–Crippen MR) is 93.8 cm³/mol. The van der Waals surface area contributed by atoms with Crippen LogP contribution in [0, 0.1) is 0 Å². The average Bonchev–Trinajstić information content (AvgIpc) is 3.01. The SMILES string of the molecule is CNc1cccc(CCCc2ccc(CC(N)C(=O)OC)s2)n1. The van der Waals surface area contributed by atoms with Crippen molar-refractivity contribution in [3.8, 4) is 0 Å². The number of nitrogens with zero attached hydrogens (tertiary/aromatic N) is 1. The van der Waals surface area contributed by atoms with Crippen molar-refractivity contribution < 1.29 is 9.53 Å². The first kappa shape index (κ1) is 17.4. The topological polar surface area (TPSA) is 77.2 Å². The van der Waals surface area contributed by atoms with Gasteiger partial charge in [-0.05, 0) is 43.5 Å². The molecule has 6 heteroatoms. The standard InChI is InChI=1S/C17H23N3O2S/c1-19-16-8-4-6-12(20-16)5-3-7-13-9-10-14(23-13)11-15(18)17(21)22-2/h4,6,8-10,15H,3,5,7,11,18H2,1-2H3,(H,19,20). The van der Waals surface area contributed by atoms with Gasteiger partial charge in [0.2, 0.25) is 0 Å². The molecule has 2 heterocycles. The van der Waals surface area contributed by atoms with E-state index in [1.165, 1.54) is 12.0 Å². The van der Waals surface area contributed by atoms with E-state index in [1.54, 1.807) is 11.3 Å². The summed E-state index contributed by atoms with van der Waals surface area (Å²) in [7, 11) is 3.23. The fourth-order valence-corrected chi connectivity index (χ4v) is 3.44. The Labute approximate surface area is 140 Å². The van der Waals surface area contributed by atoms with Crippen LogP contribution in [0.15, 0.2) is 30.3 Å². The zero-order valence-electron chi connectivity index (χ0n) is 13.5. The van der Waals surface area contributed by atoms with Gasteiger partial charge in [-0.1, -0.05) is 6.07 Å². The summed E-state index contributed by atoms with van der Waals surface area (Å²) in [4.78, 5) is 18.3. The largest absolute Gasteiger partial charge is 0.468 e. The lowest BCUT2D eigenvalue weighted by Crippen LogP contribution is -2.33. The maximum Gasteiger partial charge on any atom is 0.323 e. The molecule has 5 nitrogen and oxygen atoms in total. The van der Waals surface area contributed by atoms with Gasteiger partial charge in [-0.2, -0.15) is 0 Å². The lowest BCUT2D eigenvalue weighted by atomic mass is 10.1. The summed E-state index contributed by atoms with van der Waals surface area (Å²) in [5.41, 5.74) is 6.89. The van der Waals surface area contributed by atoms with Crippen LogP contribution >= 0.6 is 11.3 Å². The molecule has 23 heavy (non-hydrogen) atoms. The number of carbonyl (C=O) groups excluding carboxylic acids is 1. The number of carbonyl (C=O) groups is 1. The van der Waals surface area contributed by atoms with Gasteiger partial charge in [0.25, 0.3) is 0 Å². The van der Waals surface area contributed by atoms with Crippen molar-refractivity contribution in [1.82, 2.24) is 4.98 Å².